The largest absolute Gasteiger partial charge is 0.396 e. The third kappa shape index (κ3) is 1.89. The fourth-order valence-corrected chi connectivity index (χ4v) is 4.03. The molecule has 0 spiro atoms. The molecule has 0 aromatic rings. The van der Waals surface area contributed by atoms with Crippen LogP contribution in [0.25, 0.3) is 0 Å². The van der Waals surface area contributed by atoms with E-state index in [1.54, 1.807) is 13.8 Å². The number of aliphatic hydroxyl groups is 1. The summed E-state index contributed by atoms with van der Waals surface area (Å²) in [5.74, 6) is 0.0615. The Morgan fingerprint density at radius 2 is 1.93 bits per heavy atom. The van der Waals surface area contributed by atoms with Gasteiger partial charge in [0.2, 0.25) is 0 Å². The maximum Gasteiger partial charge on any atom is 0.336 e. The summed E-state index contributed by atoms with van der Waals surface area (Å²) in [7, 11) is -3.02. The zero-order valence-electron chi connectivity index (χ0n) is 9.02. The predicted octanol–water partition coefficient (Wildman–Crippen LogP) is 2.02. The highest BCUT2D eigenvalue weighted by Gasteiger charge is 2.64. The van der Waals surface area contributed by atoms with Gasteiger partial charge in [-0.3, -0.25) is 4.57 Å². The van der Waals surface area contributed by atoms with Crippen molar-refractivity contribution in [1.29, 1.82) is 0 Å². The van der Waals surface area contributed by atoms with Crippen molar-refractivity contribution >= 4 is 7.60 Å². The second-order valence-electron chi connectivity index (χ2n) is 3.77. The molecule has 1 fully saturated rings. The molecule has 14 heavy (non-hydrogen) atoms. The van der Waals surface area contributed by atoms with Crippen molar-refractivity contribution in [3.63, 3.8) is 0 Å². The standard InChI is InChI=1S/C9H19O4P/c1-4-12-14(11,13-5-2)9(3)6-8(9)7-10/h8,10H,4-7H2,1-3H3/t8-,9+/m1/s1. The minimum atomic E-state index is -3.02. The topological polar surface area (TPSA) is 55.8 Å². The molecule has 0 saturated heterocycles. The first-order valence-corrected chi connectivity index (χ1v) is 6.58. The van der Waals surface area contributed by atoms with Gasteiger partial charge in [0, 0.05) is 6.61 Å². The van der Waals surface area contributed by atoms with Crippen LogP contribution in [-0.2, 0) is 13.6 Å². The molecule has 2 atom stereocenters. The molecule has 1 aliphatic rings. The highest BCUT2D eigenvalue weighted by Crippen LogP contribution is 2.73. The third-order valence-electron chi connectivity index (χ3n) is 2.82. The van der Waals surface area contributed by atoms with Crippen LogP contribution < -0.4 is 0 Å². The van der Waals surface area contributed by atoms with Crippen molar-refractivity contribution in [2.24, 2.45) is 5.92 Å². The van der Waals surface area contributed by atoms with Crippen LogP contribution in [0.15, 0.2) is 0 Å². The lowest BCUT2D eigenvalue weighted by atomic mass is 10.3. The molecule has 5 heteroatoms. The summed E-state index contributed by atoms with van der Waals surface area (Å²) < 4.78 is 22.8. The summed E-state index contributed by atoms with van der Waals surface area (Å²) in [4.78, 5) is 0. The quantitative estimate of drug-likeness (QED) is 0.698. The minimum Gasteiger partial charge on any atom is -0.396 e. The molecule has 1 N–H and O–H groups in total. The van der Waals surface area contributed by atoms with Crippen molar-refractivity contribution in [3.05, 3.63) is 0 Å². The van der Waals surface area contributed by atoms with Crippen LogP contribution in [0.3, 0.4) is 0 Å². The summed E-state index contributed by atoms with van der Waals surface area (Å²) in [5.41, 5.74) is 0. The van der Waals surface area contributed by atoms with Crippen LogP contribution in [0.2, 0.25) is 0 Å². The zero-order valence-corrected chi connectivity index (χ0v) is 9.92. The van der Waals surface area contributed by atoms with Gasteiger partial charge in [0.25, 0.3) is 0 Å². The first kappa shape index (κ1) is 12.2. The lowest BCUT2D eigenvalue weighted by Crippen LogP contribution is -2.14. The molecule has 0 aromatic carbocycles. The van der Waals surface area contributed by atoms with E-state index in [1.807, 2.05) is 6.92 Å². The molecule has 1 rings (SSSR count). The van der Waals surface area contributed by atoms with E-state index in [4.69, 9.17) is 14.2 Å². The smallest absolute Gasteiger partial charge is 0.336 e. The Morgan fingerprint density at radius 3 is 2.21 bits per heavy atom. The van der Waals surface area contributed by atoms with Crippen molar-refractivity contribution in [3.8, 4) is 0 Å². The third-order valence-corrected chi connectivity index (χ3v) is 5.82. The first-order chi connectivity index (χ1) is 6.54. The number of hydrogen-bond donors (Lipinski definition) is 1. The summed E-state index contributed by atoms with van der Waals surface area (Å²) in [6, 6.07) is 0. The highest BCUT2D eigenvalue weighted by molar-refractivity contribution is 7.56. The molecule has 84 valence electrons. The normalized spacial score (nSPS) is 31.9. The van der Waals surface area contributed by atoms with E-state index in [9.17, 15) is 4.57 Å². The average molecular weight is 222 g/mol. The van der Waals surface area contributed by atoms with Crippen LogP contribution >= 0.6 is 7.60 Å². The van der Waals surface area contributed by atoms with Gasteiger partial charge in [0.1, 0.15) is 0 Å². The monoisotopic (exact) mass is 222 g/mol. The van der Waals surface area contributed by atoms with E-state index in [0.29, 0.717) is 13.2 Å². The molecule has 0 heterocycles. The van der Waals surface area contributed by atoms with Crippen LogP contribution in [-0.4, -0.2) is 30.1 Å². The van der Waals surface area contributed by atoms with E-state index in [0.717, 1.165) is 6.42 Å². The zero-order chi connectivity index (χ0) is 10.8. The summed E-state index contributed by atoms with van der Waals surface area (Å²) in [6.45, 7) is 6.27. The molecule has 4 nitrogen and oxygen atoms in total. The summed E-state index contributed by atoms with van der Waals surface area (Å²) >= 11 is 0. The fraction of sp³-hybridized carbons (Fsp3) is 1.00. The second kappa shape index (κ2) is 4.31. The Labute approximate surface area is 85.1 Å². The highest BCUT2D eigenvalue weighted by atomic mass is 31.2. The molecule has 0 unspecified atom stereocenters. The Kier molecular flexibility index (Phi) is 3.75. The van der Waals surface area contributed by atoms with Gasteiger partial charge in [-0.2, -0.15) is 0 Å². The number of rotatable bonds is 6. The molecule has 0 bridgehead atoms. The van der Waals surface area contributed by atoms with Crippen molar-refractivity contribution in [2.75, 3.05) is 19.8 Å². The molecular formula is C9H19O4P. The van der Waals surface area contributed by atoms with Gasteiger partial charge in [-0.25, -0.2) is 0 Å². The minimum absolute atomic E-state index is 0.0562. The van der Waals surface area contributed by atoms with E-state index >= 15 is 0 Å². The van der Waals surface area contributed by atoms with Gasteiger partial charge >= 0.3 is 7.60 Å². The summed E-state index contributed by atoms with van der Waals surface area (Å²) in [6.07, 6.45) is 0.723. The maximum absolute atomic E-state index is 12.3. The molecule has 0 amide bonds. The number of hydrogen-bond acceptors (Lipinski definition) is 4. The van der Waals surface area contributed by atoms with E-state index in [-0.39, 0.29) is 12.5 Å². The Bertz CT molecular complexity index is 233. The summed E-state index contributed by atoms with van der Waals surface area (Å²) in [5, 5.41) is 8.54. The molecule has 0 aromatic heterocycles. The Balaban J connectivity index is 2.74. The molecule has 1 saturated carbocycles. The predicted molar refractivity (Wildman–Crippen MR) is 54.5 cm³/mol. The van der Waals surface area contributed by atoms with Gasteiger partial charge in [0.05, 0.1) is 18.4 Å². The molecule has 0 aliphatic heterocycles. The van der Waals surface area contributed by atoms with E-state index in [1.165, 1.54) is 0 Å². The second-order valence-corrected chi connectivity index (χ2v) is 6.31. The fourth-order valence-electron chi connectivity index (χ4n) is 1.71. The Morgan fingerprint density at radius 1 is 1.43 bits per heavy atom. The maximum atomic E-state index is 12.3. The van der Waals surface area contributed by atoms with Crippen molar-refractivity contribution in [1.82, 2.24) is 0 Å². The lowest BCUT2D eigenvalue weighted by molar-refractivity contribution is 0.203. The van der Waals surface area contributed by atoms with Crippen LogP contribution in [0.4, 0.5) is 0 Å². The van der Waals surface area contributed by atoms with Crippen molar-refractivity contribution in [2.45, 2.75) is 32.3 Å². The van der Waals surface area contributed by atoms with Crippen molar-refractivity contribution < 1.29 is 18.7 Å². The molecular weight excluding hydrogens is 203 g/mol. The Hall–Kier alpha value is 0.110. The lowest BCUT2D eigenvalue weighted by Gasteiger charge is -2.23. The van der Waals surface area contributed by atoms with Gasteiger partial charge in [-0.05, 0) is 33.1 Å². The van der Waals surface area contributed by atoms with Gasteiger partial charge in [-0.15, -0.1) is 0 Å². The van der Waals surface area contributed by atoms with E-state index < -0.39 is 12.8 Å². The van der Waals surface area contributed by atoms with Crippen LogP contribution in [0.1, 0.15) is 27.2 Å². The van der Waals surface area contributed by atoms with Gasteiger partial charge < -0.3 is 14.2 Å². The van der Waals surface area contributed by atoms with Gasteiger partial charge in [0.15, 0.2) is 0 Å². The molecule has 0 radical (unpaired) electrons. The first-order valence-electron chi connectivity index (χ1n) is 5.04. The average Bonchev–Trinajstić information content (AvgIpc) is 2.80. The molecule has 1 aliphatic carbocycles. The van der Waals surface area contributed by atoms with Gasteiger partial charge in [-0.1, -0.05) is 0 Å². The number of aliphatic hydroxyl groups excluding tert-OH is 1. The SMILES string of the molecule is CCOP(=O)(OCC)[C@@]1(C)C[C@@H]1CO. The van der Waals surface area contributed by atoms with E-state index in [2.05, 4.69) is 0 Å². The van der Waals surface area contributed by atoms with Crippen LogP contribution in [0.5, 0.6) is 0 Å². The van der Waals surface area contributed by atoms with Crippen LogP contribution in [0, 0.1) is 5.92 Å².